The van der Waals surface area contributed by atoms with E-state index in [1.165, 1.54) is 6.08 Å². The first-order chi connectivity index (χ1) is 12.8. The average Bonchev–Trinajstić information content (AvgIpc) is 3.05. The van der Waals surface area contributed by atoms with Crippen molar-refractivity contribution in [1.82, 2.24) is 4.90 Å². The zero-order chi connectivity index (χ0) is 20.0. The van der Waals surface area contributed by atoms with Gasteiger partial charge in [0.25, 0.3) is 0 Å². The Morgan fingerprint density at radius 2 is 1.93 bits per heavy atom. The molecule has 0 saturated heterocycles. The third kappa shape index (κ3) is 5.34. The van der Waals surface area contributed by atoms with Crippen LogP contribution in [-0.4, -0.2) is 35.0 Å². The van der Waals surface area contributed by atoms with Crippen molar-refractivity contribution in [3.63, 3.8) is 0 Å². The van der Waals surface area contributed by atoms with Crippen molar-refractivity contribution in [2.75, 3.05) is 13.1 Å². The number of carboxylic acid groups (broad SMARTS) is 1. The van der Waals surface area contributed by atoms with E-state index in [2.05, 4.69) is 0 Å². The fourth-order valence-corrected chi connectivity index (χ4v) is 2.78. The molecule has 2 rings (SSSR count). The summed E-state index contributed by atoms with van der Waals surface area (Å²) in [6, 6.07) is 7.20. The van der Waals surface area contributed by atoms with Gasteiger partial charge in [-0.1, -0.05) is 23.7 Å². The minimum absolute atomic E-state index is 0.0735. The lowest BCUT2D eigenvalue weighted by atomic mass is 10.1. The van der Waals surface area contributed by atoms with E-state index in [1.807, 2.05) is 19.9 Å². The average molecular weight is 388 g/mol. The van der Waals surface area contributed by atoms with Gasteiger partial charge in [0.15, 0.2) is 0 Å². The molecule has 0 bridgehead atoms. The Labute approximate surface area is 163 Å². The molecule has 1 aromatic heterocycles. The molecule has 0 saturated carbocycles. The number of likely N-dealkylation sites (N-methyl/N-ethyl adjacent to an activating group) is 1. The molecule has 0 atom stereocenters. The lowest BCUT2D eigenvalue weighted by Gasteiger charge is -2.15. The van der Waals surface area contributed by atoms with Crippen molar-refractivity contribution >= 4 is 45.1 Å². The minimum atomic E-state index is -0.988. The number of allylic oxidation sites excluding steroid dienone is 3. The normalized spacial score (nSPS) is 12.7. The highest BCUT2D eigenvalue weighted by atomic mass is 35.5. The number of rotatable bonds is 7. The molecule has 2 aromatic rings. The van der Waals surface area contributed by atoms with Crippen LogP contribution in [0.15, 0.2) is 53.0 Å². The smallest absolute Gasteiger partial charge is 0.328 e. The second kappa shape index (κ2) is 9.24. The summed E-state index contributed by atoms with van der Waals surface area (Å²) in [5.74, 6) is -0.586. The molecule has 142 valence electrons. The fourth-order valence-electron chi connectivity index (χ4n) is 2.61. The zero-order valence-electron chi connectivity index (χ0n) is 15.5. The first-order valence-corrected chi connectivity index (χ1v) is 9.01. The zero-order valence-corrected chi connectivity index (χ0v) is 16.3. The highest BCUT2D eigenvalue weighted by Crippen LogP contribution is 2.29. The second-order valence-electron chi connectivity index (χ2n) is 5.91. The summed E-state index contributed by atoms with van der Waals surface area (Å²) in [4.78, 5) is 24.5. The number of hydrogen-bond donors (Lipinski definition) is 1. The lowest BCUT2D eigenvalue weighted by molar-refractivity contribution is -0.131. The van der Waals surface area contributed by atoms with Crippen molar-refractivity contribution < 1.29 is 19.1 Å². The van der Waals surface area contributed by atoms with Crippen LogP contribution >= 0.6 is 11.6 Å². The molecule has 0 aliphatic carbocycles. The van der Waals surface area contributed by atoms with E-state index in [9.17, 15) is 9.59 Å². The van der Waals surface area contributed by atoms with Crippen LogP contribution in [-0.2, 0) is 9.59 Å². The van der Waals surface area contributed by atoms with Gasteiger partial charge >= 0.3 is 5.97 Å². The number of nitrogens with zero attached hydrogens (tertiary/aromatic N) is 1. The van der Waals surface area contributed by atoms with Crippen molar-refractivity contribution in [3.05, 3.63) is 59.9 Å². The van der Waals surface area contributed by atoms with E-state index in [0.29, 0.717) is 35.0 Å². The molecule has 1 amide bonds. The molecule has 6 heteroatoms. The van der Waals surface area contributed by atoms with E-state index >= 15 is 0 Å². The monoisotopic (exact) mass is 387 g/mol. The van der Waals surface area contributed by atoms with E-state index in [-0.39, 0.29) is 5.91 Å². The Hall–Kier alpha value is -2.79. The van der Waals surface area contributed by atoms with Crippen LogP contribution in [0.5, 0.6) is 0 Å². The quantitative estimate of drug-likeness (QED) is 0.540. The SMILES string of the molecule is CCN(CC)C(=O)/C=C/C=C(\Cl)c1cc2cc(/C(C)=C/C(=O)O)ccc2o1. The number of carboxylic acids is 1. The Balaban J connectivity index is 2.23. The van der Waals surface area contributed by atoms with E-state index in [0.717, 1.165) is 17.0 Å². The number of amides is 1. The number of hydrogen-bond acceptors (Lipinski definition) is 3. The Bertz CT molecular complexity index is 933. The van der Waals surface area contributed by atoms with Crippen LogP contribution in [0.2, 0.25) is 0 Å². The van der Waals surface area contributed by atoms with Gasteiger partial charge in [-0.05, 0) is 56.2 Å². The van der Waals surface area contributed by atoms with Crippen molar-refractivity contribution in [2.45, 2.75) is 20.8 Å². The van der Waals surface area contributed by atoms with Crippen molar-refractivity contribution in [2.24, 2.45) is 0 Å². The van der Waals surface area contributed by atoms with E-state index in [4.69, 9.17) is 21.1 Å². The fraction of sp³-hybridized carbons (Fsp3) is 0.238. The molecule has 0 aliphatic heterocycles. The molecule has 1 N–H and O–H groups in total. The van der Waals surface area contributed by atoms with Gasteiger partial charge in [-0.2, -0.15) is 0 Å². The van der Waals surface area contributed by atoms with Crippen molar-refractivity contribution in [3.8, 4) is 0 Å². The van der Waals surface area contributed by atoms with Crippen LogP contribution in [0.25, 0.3) is 21.6 Å². The second-order valence-corrected chi connectivity index (χ2v) is 6.32. The summed E-state index contributed by atoms with van der Waals surface area (Å²) in [5, 5.41) is 10.1. The summed E-state index contributed by atoms with van der Waals surface area (Å²) < 4.78 is 5.73. The first-order valence-electron chi connectivity index (χ1n) is 8.64. The molecule has 0 unspecified atom stereocenters. The van der Waals surface area contributed by atoms with Gasteiger partial charge < -0.3 is 14.4 Å². The van der Waals surface area contributed by atoms with E-state index < -0.39 is 5.97 Å². The van der Waals surface area contributed by atoms with Gasteiger partial charge in [-0.25, -0.2) is 4.79 Å². The molecule has 0 fully saturated rings. The number of benzene rings is 1. The van der Waals surface area contributed by atoms with Crippen LogP contribution in [0.3, 0.4) is 0 Å². The minimum Gasteiger partial charge on any atom is -0.478 e. The Morgan fingerprint density at radius 3 is 2.56 bits per heavy atom. The summed E-state index contributed by atoms with van der Waals surface area (Å²) in [5.41, 5.74) is 2.08. The standard InChI is InChI=1S/C21H22ClNO4/c1-4-23(5-2)20(24)8-6-7-17(22)19-13-16-12-15(9-10-18(16)27-19)14(3)11-21(25)26/h6-13H,4-5H2,1-3H3,(H,25,26)/b8-6+,14-11+,17-7-. The maximum Gasteiger partial charge on any atom is 0.328 e. The van der Waals surface area contributed by atoms with Gasteiger partial charge in [-0.3, -0.25) is 4.79 Å². The van der Waals surface area contributed by atoms with Crippen molar-refractivity contribution in [1.29, 1.82) is 0 Å². The number of halogens is 1. The largest absolute Gasteiger partial charge is 0.478 e. The van der Waals surface area contributed by atoms with Crippen LogP contribution in [0.1, 0.15) is 32.1 Å². The maximum atomic E-state index is 11.9. The van der Waals surface area contributed by atoms with E-state index in [1.54, 1.807) is 42.2 Å². The van der Waals surface area contributed by atoms with Crippen LogP contribution in [0, 0.1) is 0 Å². The molecular weight excluding hydrogens is 366 g/mol. The molecule has 0 aliphatic rings. The van der Waals surface area contributed by atoms with Gasteiger partial charge in [0.05, 0.1) is 5.03 Å². The first kappa shape index (κ1) is 20.5. The lowest BCUT2D eigenvalue weighted by Crippen LogP contribution is -2.28. The number of aliphatic carboxylic acids is 1. The molecule has 27 heavy (non-hydrogen) atoms. The van der Waals surface area contributed by atoms with Crippen LogP contribution < -0.4 is 0 Å². The molecule has 5 nitrogen and oxygen atoms in total. The molecule has 0 spiro atoms. The third-order valence-electron chi connectivity index (χ3n) is 4.10. The summed E-state index contributed by atoms with van der Waals surface area (Å²) in [7, 11) is 0. The number of carbonyl (C=O) groups is 2. The van der Waals surface area contributed by atoms with Gasteiger partial charge in [0.2, 0.25) is 5.91 Å². The highest BCUT2D eigenvalue weighted by Gasteiger charge is 2.09. The maximum absolute atomic E-state index is 11.9. The molecule has 1 heterocycles. The molecular formula is C21H22ClNO4. The summed E-state index contributed by atoms with van der Waals surface area (Å²) in [6.07, 6.45) is 5.83. The summed E-state index contributed by atoms with van der Waals surface area (Å²) in [6.45, 7) is 6.89. The third-order valence-corrected chi connectivity index (χ3v) is 4.42. The Morgan fingerprint density at radius 1 is 1.22 bits per heavy atom. The summed E-state index contributed by atoms with van der Waals surface area (Å²) >= 11 is 6.28. The number of furan rings is 1. The van der Waals surface area contributed by atoms with Gasteiger partial charge in [0, 0.05) is 30.6 Å². The predicted octanol–water partition coefficient (Wildman–Crippen LogP) is 4.93. The topological polar surface area (TPSA) is 70.8 Å². The molecule has 0 radical (unpaired) electrons. The number of carbonyl (C=O) groups excluding carboxylic acids is 1. The Kier molecular flexibility index (Phi) is 7.02. The predicted molar refractivity (Wildman–Crippen MR) is 108 cm³/mol. The van der Waals surface area contributed by atoms with Gasteiger partial charge in [-0.15, -0.1) is 0 Å². The number of fused-ring (bicyclic) bond motifs is 1. The van der Waals surface area contributed by atoms with Crippen LogP contribution in [0.4, 0.5) is 0 Å². The molecule has 1 aromatic carbocycles. The van der Waals surface area contributed by atoms with Gasteiger partial charge in [0.1, 0.15) is 11.3 Å². The highest BCUT2D eigenvalue weighted by molar-refractivity contribution is 6.48.